The van der Waals surface area contributed by atoms with Crippen molar-refractivity contribution in [2.75, 3.05) is 25.5 Å². The molecule has 2 aromatic carbocycles. The van der Waals surface area contributed by atoms with E-state index in [4.69, 9.17) is 4.74 Å². The molecule has 2 aromatic rings. The minimum atomic E-state index is -3.71. The second-order valence-electron chi connectivity index (χ2n) is 7.12. The zero-order valence-corrected chi connectivity index (χ0v) is 17.7. The maximum atomic E-state index is 13.0. The molecule has 0 spiro atoms. The molecule has 1 heterocycles. The van der Waals surface area contributed by atoms with E-state index in [0.29, 0.717) is 30.8 Å². The molecule has 30 heavy (non-hydrogen) atoms. The Labute approximate surface area is 176 Å². The van der Waals surface area contributed by atoms with Gasteiger partial charge in [-0.3, -0.25) is 9.59 Å². The van der Waals surface area contributed by atoms with Crippen LogP contribution in [0, 0.1) is 6.92 Å². The topological polar surface area (TPSA) is 105 Å². The summed E-state index contributed by atoms with van der Waals surface area (Å²) in [6, 6.07) is 12.9. The van der Waals surface area contributed by atoms with Gasteiger partial charge in [0.2, 0.25) is 10.0 Å². The van der Waals surface area contributed by atoms with Gasteiger partial charge in [-0.15, -0.1) is 0 Å². The first-order chi connectivity index (χ1) is 14.3. The van der Waals surface area contributed by atoms with Crippen LogP contribution in [-0.2, 0) is 19.6 Å². The van der Waals surface area contributed by atoms with E-state index in [-0.39, 0.29) is 11.4 Å². The Morgan fingerprint density at radius 3 is 2.53 bits per heavy atom. The minimum absolute atomic E-state index is 0.0649. The van der Waals surface area contributed by atoms with Crippen LogP contribution in [0.3, 0.4) is 0 Å². The Hall–Kier alpha value is -2.91. The number of carbonyl (C=O) groups excluding carboxylic acids is 2. The van der Waals surface area contributed by atoms with E-state index >= 15 is 0 Å². The lowest BCUT2D eigenvalue weighted by Gasteiger charge is -2.24. The van der Waals surface area contributed by atoms with E-state index in [1.807, 2.05) is 13.0 Å². The smallest absolute Gasteiger partial charge is 0.313 e. The molecule has 8 nitrogen and oxygen atoms in total. The number of hydrogen-bond acceptors (Lipinski definition) is 5. The molecule has 0 aliphatic carbocycles. The molecule has 2 N–H and O–H groups in total. The lowest BCUT2D eigenvalue weighted by atomic mass is 10.2. The van der Waals surface area contributed by atoms with Crippen LogP contribution in [0.25, 0.3) is 0 Å². The van der Waals surface area contributed by atoms with Crippen LogP contribution in [-0.4, -0.2) is 50.8 Å². The molecular weight excluding hydrogens is 406 g/mol. The van der Waals surface area contributed by atoms with Crippen molar-refractivity contribution in [3.05, 3.63) is 54.1 Å². The molecule has 1 unspecified atom stereocenters. The largest absolute Gasteiger partial charge is 0.497 e. The molecule has 1 atom stereocenters. The van der Waals surface area contributed by atoms with Gasteiger partial charge < -0.3 is 15.4 Å². The van der Waals surface area contributed by atoms with Gasteiger partial charge in [0.05, 0.1) is 12.0 Å². The summed E-state index contributed by atoms with van der Waals surface area (Å²) in [5.41, 5.74) is 1.48. The maximum Gasteiger partial charge on any atom is 0.313 e. The highest BCUT2D eigenvalue weighted by Gasteiger charge is 2.35. The first kappa shape index (κ1) is 21.8. The lowest BCUT2D eigenvalue weighted by molar-refractivity contribution is -0.136. The highest BCUT2D eigenvalue weighted by molar-refractivity contribution is 7.89. The van der Waals surface area contributed by atoms with E-state index < -0.39 is 27.9 Å². The Morgan fingerprint density at radius 1 is 1.13 bits per heavy atom. The summed E-state index contributed by atoms with van der Waals surface area (Å²) in [5.74, 6) is -1.02. The number of aryl methyl sites for hydroxylation is 1. The van der Waals surface area contributed by atoms with Crippen molar-refractivity contribution in [3.63, 3.8) is 0 Å². The number of benzene rings is 2. The number of carbonyl (C=O) groups is 2. The second kappa shape index (κ2) is 9.27. The molecule has 0 bridgehead atoms. The van der Waals surface area contributed by atoms with Gasteiger partial charge in [-0.2, -0.15) is 4.31 Å². The third-order valence-electron chi connectivity index (χ3n) is 4.97. The summed E-state index contributed by atoms with van der Waals surface area (Å²) < 4.78 is 32.4. The average molecular weight is 432 g/mol. The summed E-state index contributed by atoms with van der Waals surface area (Å²) >= 11 is 0. The fourth-order valence-corrected chi connectivity index (χ4v) is 5.11. The monoisotopic (exact) mass is 431 g/mol. The number of hydrogen-bond donors (Lipinski definition) is 2. The predicted octanol–water partition coefficient (Wildman–Crippen LogP) is 1.91. The summed E-state index contributed by atoms with van der Waals surface area (Å²) in [4.78, 5) is 24.5. The molecule has 160 valence electrons. The van der Waals surface area contributed by atoms with Crippen LogP contribution in [0.5, 0.6) is 5.75 Å². The molecule has 1 aliphatic rings. The summed E-state index contributed by atoms with van der Waals surface area (Å²) in [6.45, 7) is 2.31. The molecule has 1 saturated heterocycles. The Balaban J connectivity index is 1.61. The third kappa shape index (κ3) is 4.98. The second-order valence-corrected chi connectivity index (χ2v) is 9.01. The van der Waals surface area contributed by atoms with Crippen LogP contribution >= 0.6 is 0 Å². The van der Waals surface area contributed by atoms with Gasteiger partial charge in [-0.05, 0) is 61.7 Å². The number of sulfonamides is 1. The number of anilines is 1. The number of nitrogens with one attached hydrogen (secondary N) is 2. The molecule has 1 fully saturated rings. The van der Waals surface area contributed by atoms with E-state index in [1.54, 1.807) is 30.3 Å². The molecule has 0 saturated carbocycles. The van der Waals surface area contributed by atoms with Gasteiger partial charge in [-0.25, -0.2) is 8.42 Å². The molecule has 0 radical (unpaired) electrons. The van der Waals surface area contributed by atoms with Crippen molar-refractivity contribution < 1.29 is 22.7 Å². The van der Waals surface area contributed by atoms with Crippen molar-refractivity contribution >= 4 is 27.5 Å². The molecule has 3 rings (SSSR count). The standard InChI is InChI=1S/C21H25N3O5S/c1-15-5-3-6-16(13-15)23-21(26)20(25)22-14-17-7-4-12-24(17)30(27,28)19-10-8-18(29-2)9-11-19/h3,5-6,8-11,13,17H,4,7,12,14H2,1-2H3,(H,22,25)(H,23,26). The summed E-state index contributed by atoms with van der Waals surface area (Å²) in [7, 11) is -2.20. The van der Waals surface area contributed by atoms with Gasteiger partial charge in [0.25, 0.3) is 0 Å². The van der Waals surface area contributed by atoms with E-state index in [2.05, 4.69) is 10.6 Å². The molecular formula is C21H25N3O5S. The Morgan fingerprint density at radius 2 is 1.87 bits per heavy atom. The number of methoxy groups -OCH3 is 1. The first-order valence-corrected chi connectivity index (χ1v) is 11.1. The SMILES string of the molecule is COc1ccc(S(=O)(=O)N2CCCC2CNC(=O)C(=O)Nc2cccc(C)c2)cc1. The number of nitrogens with zero attached hydrogens (tertiary/aromatic N) is 1. The van der Waals surface area contributed by atoms with E-state index in [9.17, 15) is 18.0 Å². The average Bonchev–Trinajstić information content (AvgIpc) is 3.21. The van der Waals surface area contributed by atoms with E-state index in [1.165, 1.54) is 23.5 Å². The number of rotatable bonds is 6. The zero-order chi connectivity index (χ0) is 21.7. The van der Waals surface area contributed by atoms with Crippen LogP contribution in [0.15, 0.2) is 53.4 Å². The quantitative estimate of drug-likeness (QED) is 0.680. The Kier molecular flexibility index (Phi) is 6.73. The van der Waals surface area contributed by atoms with Crippen molar-refractivity contribution in [1.29, 1.82) is 0 Å². The van der Waals surface area contributed by atoms with Crippen molar-refractivity contribution in [3.8, 4) is 5.75 Å². The van der Waals surface area contributed by atoms with Crippen LogP contribution in [0.1, 0.15) is 18.4 Å². The fraction of sp³-hybridized carbons (Fsp3) is 0.333. The van der Waals surface area contributed by atoms with Crippen LogP contribution in [0.2, 0.25) is 0 Å². The zero-order valence-electron chi connectivity index (χ0n) is 16.9. The summed E-state index contributed by atoms with van der Waals surface area (Å²) in [6.07, 6.45) is 1.29. The van der Waals surface area contributed by atoms with Gasteiger partial charge in [0.1, 0.15) is 5.75 Å². The molecule has 9 heteroatoms. The highest BCUT2D eigenvalue weighted by Crippen LogP contribution is 2.26. The van der Waals surface area contributed by atoms with Gasteiger partial charge >= 0.3 is 11.8 Å². The molecule has 2 amide bonds. The predicted molar refractivity (Wildman–Crippen MR) is 113 cm³/mol. The van der Waals surface area contributed by atoms with Crippen LogP contribution in [0.4, 0.5) is 5.69 Å². The van der Waals surface area contributed by atoms with Crippen molar-refractivity contribution in [2.45, 2.75) is 30.7 Å². The van der Waals surface area contributed by atoms with Gasteiger partial charge in [-0.1, -0.05) is 12.1 Å². The third-order valence-corrected chi connectivity index (χ3v) is 6.94. The fourth-order valence-electron chi connectivity index (χ4n) is 3.41. The maximum absolute atomic E-state index is 13.0. The molecule has 0 aromatic heterocycles. The number of ether oxygens (including phenoxy) is 1. The van der Waals surface area contributed by atoms with Crippen LogP contribution < -0.4 is 15.4 Å². The molecule has 1 aliphatic heterocycles. The van der Waals surface area contributed by atoms with Crippen molar-refractivity contribution in [2.24, 2.45) is 0 Å². The summed E-state index contributed by atoms with van der Waals surface area (Å²) in [5, 5.41) is 5.10. The van der Waals surface area contributed by atoms with Gasteiger partial charge in [0.15, 0.2) is 0 Å². The van der Waals surface area contributed by atoms with Crippen molar-refractivity contribution in [1.82, 2.24) is 9.62 Å². The Bertz CT molecular complexity index is 1020. The normalized spacial score (nSPS) is 16.8. The highest BCUT2D eigenvalue weighted by atomic mass is 32.2. The van der Waals surface area contributed by atoms with E-state index in [0.717, 1.165) is 5.56 Å². The lowest BCUT2D eigenvalue weighted by Crippen LogP contribution is -2.45. The number of amides is 2. The first-order valence-electron chi connectivity index (χ1n) is 9.63. The van der Waals surface area contributed by atoms with Gasteiger partial charge in [0, 0.05) is 24.8 Å². The minimum Gasteiger partial charge on any atom is -0.497 e.